The highest BCUT2D eigenvalue weighted by molar-refractivity contribution is 5.90. The second kappa shape index (κ2) is 8.44. The summed E-state index contributed by atoms with van der Waals surface area (Å²) < 4.78 is 11.2. The van der Waals surface area contributed by atoms with Crippen LogP contribution in [0.2, 0.25) is 0 Å². The van der Waals surface area contributed by atoms with Crippen LogP contribution in [-0.4, -0.2) is 54.8 Å². The first-order valence-electron chi connectivity index (χ1n) is 9.75. The number of urea groups is 1. The molecule has 146 valence electrons. The second-order valence-electron chi connectivity index (χ2n) is 6.88. The van der Waals surface area contributed by atoms with Crippen molar-refractivity contribution in [3.05, 3.63) is 59.7 Å². The van der Waals surface area contributed by atoms with E-state index in [1.165, 1.54) is 22.3 Å². The van der Waals surface area contributed by atoms with Crippen LogP contribution in [0.5, 0.6) is 0 Å². The Morgan fingerprint density at radius 2 is 1.54 bits per heavy atom. The summed E-state index contributed by atoms with van der Waals surface area (Å²) in [7, 11) is 0. The highest BCUT2D eigenvalue weighted by atomic mass is 16.5. The maximum Gasteiger partial charge on any atom is 0.348 e. The first kappa shape index (κ1) is 18.5. The van der Waals surface area contributed by atoms with Gasteiger partial charge in [-0.3, -0.25) is 0 Å². The summed E-state index contributed by atoms with van der Waals surface area (Å²) in [5.41, 5.74) is 4.82. The molecule has 2 amide bonds. The smallest absolute Gasteiger partial charge is 0.348 e. The third kappa shape index (κ3) is 3.87. The molecule has 6 heteroatoms. The summed E-state index contributed by atoms with van der Waals surface area (Å²) in [5.74, 6) is 0. The molecule has 0 bridgehead atoms. The van der Waals surface area contributed by atoms with Gasteiger partial charge < -0.3 is 19.3 Å². The van der Waals surface area contributed by atoms with Crippen LogP contribution < -0.4 is 0 Å². The molecule has 0 unspecified atom stereocenters. The molecule has 1 saturated heterocycles. The van der Waals surface area contributed by atoms with Crippen molar-refractivity contribution in [1.29, 1.82) is 0 Å². The Balaban J connectivity index is 1.68. The minimum atomic E-state index is -0.266. The minimum Gasteiger partial charge on any atom is -0.465 e. The van der Waals surface area contributed by atoms with Gasteiger partial charge in [-0.1, -0.05) is 48.5 Å². The van der Waals surface area contributed by atoms with Crippen molar-refractivity contribution in [3.63, 3.8) is 0 Å². The van der Waals surface area contributed by atoms with E-state index in [2.05, 4.69) is 41.4 Å². The number of carbonyl (C=O) groups is 1. The van der Waals surface area contributed by atoms with Gasteiger partial charge in [0.05, 0.1) is 19.8 Å². The zero-order valence-corrected chi connectivity index (χ0v) is 16.1. The van der Waals surface area contributed by atoms with Crippen molar-refractivity contribution in [2.24, 2.45) is 4.99 Å². The van der Waals surface area contributed by atoms with E-state index in [4.69, 9.17) is 9.47 Å². The van der Waals surface area contributed by atoms with Crippen LogP contribution in [0.4, 0.5) is 4.79 Å². The van der Waals surface area contributed by atoms with Crippen LogP contribution in [0.15, 0.2) is 53.5 Å². The number of hydrogen-bond donors (Lipinski definition) is 0. The highest BCUT2D eigenvalue weighted by Crippen LogP contribution is 2.32. The Hall–Kier alpha value is -2.86. The molecule has 28 heavy (non-hydrogen) atoms. The number of hydrogen-bond acceptors (Lipinski definition) is 3. The number of morpholine rings is 1. The lowest BCUT2D eigenvalue weighted by Gasteiger charge is -2.27. The SMILES string of the molecule is CCOC(=NC(=O)N1CCOCC1)N1Cc2ccccc2-c2ccccc2C1. The van der Waals surface area contributed by atoms with Crippen molar-refractivity contribution in [1.82, 2.24) is 9.80 Å². The van der Waals surface area contributed by atoms with Gasteiger partial charge >= 0.3 is 6.03 Å². The zero-order chi connectivity index (χ0) is 19.3. The third-order valence-electron chi connectivity index (χ3n) is 5.06. The second-order valence-corrected chi connectivity index (χ2v) is 6.88. The molecule has 2 aromatic carbocycles. The normalized spacial score (nSPS) is 16.8. The first-order valence-corrected chi connectivity index (χ1v) is 9.75. The predicted molar refractivity (Wildman–Crippen MR) is 108 cm³/mol. The van der Waals surface area contributed by atoms with Gasteiger partial charge in [0.15, 0.2) is 0 Å². The highest BCUT2D eigenvalue weighted by Gasteiger charge is 2.24. The van der Waals surface area contributed by atoms with Crippen molar-refractivity contribution >= 4 is 12.1 Å². The number of ether oxygens (including phenoxy) is 2. The number of carbonyl (C=O) groups excluding carboxylic acids is 1. The monoisotopic (exact) mass is 379 g/mol. The molecule has 0 aromatic heterocycles. The Morgan fingerprint density at radius 3 is 2.11 bits per heavy atom. The van der Waals surface area contributed by atoms with E-state index in [1.54, 1.807) is 4.90 Å². The lowest BCUT2D eigenvalue weighted by atomic mass is 9.97. The van der Waals surface area contributed by atoms with E-state index in [0.29, 0.717) is 52.0 Å². The number of aliphatic imine (C=N–C) groups is 1. The topological polar surface area (TPSA) is 54.4 Å². The van der Waals surface area contributed by atoms with Crippen molar-refractivity contribution in [2.75, 3.05) is 32.9 Å². The maximum absolute atomic E-state index is 12.7. The van der Waals surface area contributed by atoms with Gasteiger partial charge in [-0.25, -0.2) is 4.79 Å². The van der Waals surface area contributed by atoms with Gasteiger partial charge in [-0.15, -0.1) is 4.99 Å². The van der Waals surface area contributed by atoms with Gasteiger partial charge in [-0.05, 0) is 29.2 Å². The van der Waals surface area contributed by atoms with E-state index in [-0.39, 0.29) is 6.03 Å². The summed E-state index contributed by atoms with van der Waals surface area (Å²) in [5, 5.41) is 0. The summed E-state index contributed by atoms with van der Waals surface area (Å²) in [4.78, 5) is 20.8. The third-order valence-corrected chi connectivity index (χ3v) is 5.06. The van der Waals surface area contributed by atoms with Crippen LogP contribution >= 0.6 is 0 Å². The molecule has 0 radical (unpaired) electrons. The number of nitrogens with zero attached hydrogens (tertiary/aromatic N) is 3. The summed E-state index contributed by atoms with van der Waals surface area (Å²) in [6.45, 7) is 5.87. The number of fused-ring (bicyclic) bond motifs is 3. The zero-order valence-electron chi connectivity index (χ0n) is 16.1. The molecule has 1 fully saturated rings. The average Bonchev–Trinajstić information content (AvgIpc) is 2.91. The Morgan fingerprint density at radius 1 is 0.964 bits per heavy atom. The molecule has 2 aromatic rings. The van der Waals surface area contributed by atoms with E-state index in [0.717, 1.165) is 0 Å². The van der Waals surface area contributed by atoms with Crippen LogP contribution in [0.3, 0.4) is 0 Å². The quantitative estimate of drug-likeness (QED) is 0.562. The molecule has 6 nitrogen and oxygen atoms in total. The van der Waals surface area contributed by atoms with Crippen LogP contribution in [-0.2, 0) is 22.6 Å². The van der Waals surface area contributed by atoms with E-state index in [9.17, 15) is 4.79 Å². The van der Waals surface area contributed by atoms with Gasteiger partial charge in [-0.2, -0.15) is 0 Å². The first-order chi connectivity index (χ1) is 13.8. The largest absolute Gasteiger partial charge is 0.465 e. The molecule has 0 atom stereocenters. The molecule has 0 N–H and O–H groups in total. The molecular formula is C22H25N3O3. The van der Waals surface area contributed by atoms with Crippen molar-refractivity contribution < 1.29 is 14.3 Å². The average molecular weight is 379 g/mol. The number of rotatable bonds is 1. The standard InChI is InChI=1S/C22H25N3O3/c1-2-28-22(23-21(26)24-11-13-27-14-12-24)25-15-17-7-3-5-9-19(17)20-10-6-4-8-18(20)16-25/h3-10H,2,11-16H2,1H3. The lowest BCUT2D eigenvalue weighted by molar-refractivity contribution is 0.0552. The number of amidine groups is 1. The fraction of sp³-hybridized carbons (Fsp3) is 0.364. The predicted octanol–water partition coefficient (Wildman–Crippen LogP) is 3.51. The van der Waals surface area contributed by atoms with Crippen molar-refractivity contribution in [3.8, 4) is 11.1 Å². The summed E-state index contributed by atoms with van der Waals surface area (Å²) in [6, 6.07) is 16.9. The summed E-state index contributed by atoms with van der Waals surface area (Å²) in [6.07, 6.45) is 0. The number of benzene rings is 2. The Labute approximate surface area is 165 Å². The maximum atomic E-state index is 12.7. The molecule has 0 saturated carbocycles. The molecule has 4 rings (SSSR count). The molecule has 2 heterocycles. The molecule has 2 aliphatic heterocycles. The van der Waals surface area contributed by atoms with Gasteiger partial charge in [0, 0.05) is 26.2 Å². The fourth-order valence-corrected chi connectivity index (χ4v) is 3.67. The fourth-order valence-electron chi connectivity index (χ4n) is 3.67. The van der Waals surface area contributed by atoms with Crippen LogP contribution in [0.1, 0.15) is 18.1 Å². The molecular weight excluding hydrogens is 354 g/mol. The van der Waals surface area contributed by atoms with E-state index in [1.807, 2.05) is 24.0 Å². The van der Waals surface area contributed by atoms with Gasteiger partial charge in [0.2, 0.25) is 0 Å². The molecule has 2 aliphatic rings. The van der Waals surface area contributed by atoms with Crippen molar-refractivity contribution in [2.45, 2.75) is 20.0 Å². The van der Waals surface area contributed by atoms with Crippen LogP contribution in [0.25, 0.3) is 11.1 Å². The minimum absolute atomic E-state index is 0.266. The molecule has 0 spiro atoms. The Bertz CT molecular complexity index is 827. The summed E-state index contributed by atoms with van der Waals surface area (Å²) >= 11 is 0. The van der Waals surface area contributed by atoms with Gasteiger partial charge in [0.25, 0.3) is 6.02 Å². The number of amides is 2. The van der Waals surface area contributed by atoms with E-state index >= 15 is 0 Å². The lowest BCUT2D eigenvalue weighted by Crippen LogP contribution is -2.41. The Kier molecular flexibility index (Phi) is 5.58. The van der Waals surface area contributed by atoms with Gasteiger partial charge in [0.1, 0.15) is 0 Å². The van der Waals surface area contributed by atoms with E-state index < -0.39 is 0 Å². The molecule has 0 aliphatic carbocycles. The van der Waals surface area contributed by atoms with Crippen LogP contribution in [0, 0.1) is 0 Å².